The van der Waals surface area contributed by atoms with Gasteiger partial charge in [0.15, 0.2) is 0 Å². The van der Waals surface area contributed by atoms with Crippen molar-refractivity contribution in [3.05, 3.63) is 0 Å². The molecule has 0 fully saturated rings. The molecule has 0 aromatic carbocycles. The van der Waals surface area contributed by atoms with Gasteiger partial charge in [0.1, 0.15) is 9.84 Å². The van der Waals surface area contributed by atoms with Crippen molar-refractivity contribution in [1.29, 1.82) is 0 Å². The van der Waals surface area contributed by atoms with Crippen LogP contribution in [0.4, 0.5) is 8.78 Å². The Kier molecular flexibility index (Phi) is 8.49. The Bertz CT molecular complexity index is 273. The highest BCUT2D eigenvalue weighted by Crippen LogP contribution is 2.02. The summed E-state index contributed by atoms with van der Waals surface area (Å²) in [6, 6.07) is 0. The predicted molar refractivity (Wildman–Crippen MR) is 65.2 cm³/mol. The molecule has 98 valence electrons. The van der Waals surface area contributed by atoms with E-state index in [1.54, 1.807) is 11.8 Å². The van der Waals surface area contributed by atoms with Crippen LogP contribution in [0.3, 0.4) is 0 Å². The number of hydrogen-bond acceptors (Lipinski definition) is 3. The van der Waals surface area contributed by atoms with Gasteiger partial charge in [-0.15, -0.1) is 0 Å². The van der Waals surface area contributed by atoms with E-state index in [9.17, 15) is 17.2 Å². The first kappa shape index (κ1) is 16.2. The third-order valence-electron chi connectivity index (χ3n) is 2.17. The molecular weight excluding hydrogens is 304 g/mol. The molecule has 0 atom stereocenters. The maximum atomic E-state index is 12.2. The predicted octanol–water partition coefficient (Wildman–Crippen LogP) is 1.77. The van der Waals surface area contributed by atoms with Gasteiger partial charge in [-0.2, -0.15) is 0 Å². The lowest BCUT2D eigenvalue weighted by molar-refractivity contribution is 0.0916. The minimum atomic E-state index is -2.98. The summed E-state index contributed by atoms with van der Waals surface area (Å²) in [6.07, 6.45) is -1.96. The summed E-state index contributed by atoms with van der Waals surface area (Å²) in [5.41, 5.74) is 0. The van der Waals surface area contributed by atoms with E-state index >= 15 is 0 Å². The highest BCUT2D eigenvalue weighted by atomic mass is 79.9. The number of hydrogen-bond donors (Lipinski definition) is 0. The Morgan fingerprint density at radius 3 is 2.38 bits per heavy atom. The first-order chi connectivity index (χ1) is 7.41. The van der Waals surface area contributed by atoms with Crippen LogP contribution in [0.15, 0.2) is 0 Å². The van der Waals surface area contributed by atoms with E-state index < -0.39 is 16.3 Å². The van der Waals surface area contributed by atoms with E-state index in [0.29, 0.717) is 24.8 Å². The molecule has 0 bridgehead atoms. The second-order valence-corrected chi connectivity index (χ2v) is 6.74. The van der Waals surface area contributed by atoms with Gasteiger partial charge in [0.25, 0.3) is 6.43 Å². The van der Waals surface area contributed by atoms with Gasteiger partial charge in [0, 0.05) is 17.6 Å². The fraction of sp³-hybridized carbons (Fsp3) is 1.00. The van der Waals surface area contributed by atoms with Crippen LogP contribution in [-0.4, -0.2) is 56.2 Å². The molecule has 0 radical (unpaired) electrons. The van der Waals surface area contributed by atoms with Crippen molar-refractivity contribution in [2.45, 2.75) is 19.8 Å². The van der Waals surface area contributed by atoms with Crippen molar-refractivity contribution < 1.29 is 17.2 Å². The molecule has 0 aromatic heterocycles. The van der Waals surface area contributed by atoms with Crippen molar-refractivity contribution in [1.82, 2.24) is 4.90 Å². The van der Waals surface area contributed by atoms with E-state index in [1.165, 1.54) is 0 Å². The molecule has 16 heavy (non-hydrogen) atoms. The van der Waals surface area contributed by atoms with Crippen molar-refractivity contribution in [2.24, 2.45) is 0 Å². The minimum absolute atomic E-state index is 0.0749. The fourth-order valence-electron chi connectivity index (χ4n) is 1.26. The first-order valence-corrected chi connectivity index (χ1v) is 8.12. The molecule has 0 rings (SSSR count). The van der Waals surface area contributed by atoms with Gasteiger partial charge in [-0.05, 0) is 13.0 Å². The molecule has 0 aromatic rings. The maximum absolute atomic E-state index is 12.2. The van der Waals surface area contributed by atoms with Gasteiger partial charge in [0.05, 0.1) is 12.3 Å². The lowest BCUT2D eigenvalue weighted by atomic mass is 10.4. The van der Waals surface area contributed by atoms with Crippen molar-refractivity contribution in [2.75, 3.05) is 36.5 Å². The van der Waals surface area contributed by atoms with Crippen molar-refractivity contribution in [3.8, 4) is 0 Å². The van der Waals surface area contributed by atoms with Gasteiger partial charge < -0.3 is 0 Å². The molecule has 0 spiro atoms. The number of sulfone groups is 1. The molecule has 0 unspecified atom stereocenters. The Balaban J connectivity index is 3.93. The smallest absolute Gasteiger partial charge is 0.251 e. The quantitative estimate of drug-likeness (QED) is 0.607. The van der Waals surface area contributed by atoms with Gasteiger partial charge >= 0.3 is 0 Å². The summed E-state index contributed by atoms with van der Waals surface area (Å²) in [6.45, 7) is 2.20. The third-order valence-corrected chi connectivity index (χ3v) is 4.31. The summed E-state index contributed by atoms with van der Waals surface area (Å²) < 4.78 is 46.7. The molecule has 3 nitrogen and oxygen atoms in total. The van der Waals surface area contributed by atoms with Gasteiger partial charge in [-0.3, -0.25) is 4.90 Å². The van der Waals surface area contributed by atoms with Crippen LogP contribution in [-0.2, 0) is 9.84 Å². The number of halogens is 3. The second kappa shape index (κ2) is 8.36. The molecule has 0 aliphatic rings. The molecule has 0 amide bonds. The SMILES string of the molecule is CCS(=O)(=O)CCCN(CCBr)CC(F)F. The van der Waals surface area contributed by atoms with Gasteiger partial charge in [-0.25, -0.2) is 17.2 Å². The number of alkyl halides is 3. The van der Waals surface area contributed by atoms with Gasteiger partial charge in [0.2, 0.25) is 0 Å². The average Bonchev–Trinajstić information content (AvgIpc) is 2.17. The summed E-state index contributed by atoms with van der Waals surface area (Å²) in [5, 5.41) is 0.611. The van der Waals surface area contributed by atoms with Crippen LogP contribution in [0.5, 0.6) is 0 Å². The van der Waals surface area contributed by atoms with Crippen LogP contribution in [0.1, 0.15) is 13.3 Å². The summed E-state index contributed by atoms with van der Waals surface area (Å²) >= 11 is 3.18. The Labute approximate surface area is 104 Å². The van der Waals surface area contributed by atoms with Crippen LogP contribution in [0.2, 0.25) is 0 Å². The molecule has 0 heterocycles. The van der Waals surface area contributed by atoms with E-state index in [0.717, 1.165) is 0 Å². The van der Waals surface area contributed by atoms with Crippen molar-refractivity contribution in [3.63, 3.8) is 0 Å². The zero-order valence-corrected chi connectivity index (χ0v) is 11.7. The molecule has 0 N–H and O–H groups in total. The normalized spacial score (nSPS) is 12.6. The molecule has 0 aliphatic heterocycles. The average molecular weight is 322 g/mol. The second-order valence-electron chi connectivity index (χ2n) is 3.47. The summed E-state index contributed by atoms with van der Waals surface area (Å²) in [5.74, 6) is 0.186. The van der Waals surface area contributed by atoms with Gasteiger partial charge in [-0.1, -0.05) is 22.9 Å². The van der Waals surface area contributed by atoms with E-state index in [1.807, 2.05) is 0 Å². The van der Waals surface area contributed by atoms with E-state index in [-0.39, 0.29) is 18.1 Å². The maximum Gasteiger partial charge on any atom is 0.251 e. The monoisotopic (exact) mass is 321 g/mol. The highest BCUT2D eigenvalue weighted by molar-refractivity contribution is 9.09. The number of rotatable bonds is 9. The fourth-order valence-corrected chi connectivity index (χ4v) is 2.62. The largest absolute Gasteiger partial charge is 0.297 e. The zero-order valence-electron chi connectivity index (χ0n) is 9.33. The molecule has 0 saturated carbocycles. The molecule has 0 saturated heterocycles. The van der Waals surface area contributed by atoms with Crippen LogP contribution in [0.25, 0.3) is 0 Å². The van der Waals surface area contributed by atoms with Crippen LogP contribution >= 0.6 is 15.9 Å². The van der Waals surface area contributed by atoms with E-state index in [4.69, 9.17) is 0 Å². The van der Waals surface area contributed by atoms with E-state index in [2.05, 4.69) is 15.9 Å². The Morgan fingerprint density at radius 1 is 1.31 bits per heavy atom. The highest BCUT2D eigenvalue weighted by Gasteiger charge is 2.13. The van der Waals surface area contributed by atoms with Crippen molar-refractivity contribution >= 4 is 25.8 Å². The standard InChI is InChI=1S/C9H18BrF2NO2S/c1-2-16(14,15)7-3-5-13(6-4-10)8-9(11)12/h9H,2-8H2,1H3. The first-order valence-electron chi connectivity index (χ1n) is 5.18. The Hall–Kier alpha value is 0.250. The third kappa shape index (κ3) is 8.41. The molecule has 0 aliphatic carbocycles. The van der Waals surface area contributed by atoms with Crippen LogP contribution < -0.4 is 0 Å². The summed E-state index contributed by atoms with van der Waals surface area (Å²) in [4.78, 5) is 1.57. The lowest BCUT2D eigenvalue weighted by Gasteiger charge is -2.20. The molecule has 7 heteroatoms. The zero-order chi connectivity index (χ0) is 12.6. The topological polar surface area (TPSA) is 37.4 Å². The van der Waals surface area contributed by atoms with Crippen LogP contribution in [0, 0.1) is 0 Å². The lowest BCUT2D eigenvalue weighted by Crippen LogP contribution is -2.32. The molecular formula is C9H18BrF2NO2S. The minimum Gasteiger partial charge on any atom is -0.297 e. The summed E-state index contributed by atoms with van der Waals surface area (Å²) in [7, 11) is -2.98. The number of nitrogens with zero attached hydrogens (tertiary/aromatic N) is 1. The Morgan fingerprint density at radius 2 is 1.94 bits per heavy atom.